The Morgan fingerprint density at radius 3 is 2.41 bits per heavy atom. The summed E-state index contributed by atoms with van der Waals surface area (Å²) in [6, 6.07) is 7.47. The molecule has 1 aromatic heterocycles. The molecule has 9 heteroatoms. The first-order valence-electron chi connectivity index (χ1n) is 11.9. The maximum absolute atomic E-state index is 13.2. The summed E-state index contributed by atoms with van der Waals surface area (Å²) in [5.41, 5.74) is 3.48. The average molecular weight is 486 g/mol. The molecule has 2 fully saturated rings. The monoisotopic (exact) mass is 485 g/mol. The molecule has 5 rings (SSSR count). The largest absolute Gasteiger partial charge is 0.490 e. The summed E-state index contributed by atoms with van der Waals surface area (Å²) in [4.78, 5) is 14.7. The molecule has 0 unspecified atom stereocenters. The Bertz CT molecular complexity index is 1220. The van der Waals surface area contributed by atoms with Crippen LogP contribution in [0.5, 0.6) is 11.5 Å². The predicted octanol–water partition coefficient (Wildman–Crippen LogP) is 3.15. The van der Waals surface area contributed by atoms with Crippen molar-refractivity contribution in [3.63, 3.8) is 0 Å². The molecule has 1 amide bonds. The van der Waals surface area contributed by atoms with Crippen LogP contribution in [-0.2, 0) is 14.8 Å². The number of sulfonamides is 1. The highest BCUT2D eigenvalue weighted by Gasteiger charge is 2.31. The highest BCUT2D eigenvalue weighted by Crippen LogP contribution is 2.38. The van der Waals surface area contributed by atoms with Crippen molar-refractivity contribution in [1.82, 2.24) is 13.8 Å². The van der Waals surface area contributed by atoms with Gasteiger partial charge in [0, 0.05) is 62.2 Å². The fraction of sp³-hybridized carbons (Fsp3) is 0.480. The van der Waals surface area contributed by atoms with Gasteiger partial charge in [0.2, 0.25) is 15.9 Å². The van der Waals surface area contributed by atoms with Gasteiger partial charge < -0.3 is 18.9 Å². The molecule has 2 aliphatic heterocycles. The second kappa shape index (κ2) is 9.11. The number of piperazine rings is 1. The zero-order chi connectivity index (χ0) is 23.9. The van der Waals surface area contributed by atoms with Gasteiger partial charge in [0.1, 0.15) is 0 Å². The van der Waals surface area contributed by atoms with Crippen LogP contribution in [0.4, 0.5) is 0 Å². The Morgan fingerprint density at radius 2 is 1.71 bits per heavy atom. The van der Waals surface area contributed by atoms with E-state index in [0.717, 1.165) is 12.0 Å². The van der Waals surface area contributed by atoms with Gasteiger partial charge in [-0.3, -0.25) is 4.79 Å². The van der Waals surface area contributed by atoms with Crippen LogP contribution < -0.4 is 9.47 Å². The highest BCUT2D eigenvalue weighted by molar-refractivity contribution is 7.89. The Balaban J connectivity index is 1.22. The molecule has 1 aromatic carbocycles. The molecule has 0 spiro atoms. The minimum Gasteiger partial charge on any atom is -0.490 e. The minimum atomic E-state index is -3.68. The summed E-state index contributed by atoms with van der Waals surface area (Å²) in [6.07, 6.45) is 6.68. The average Bonchev–Trinajstić information content (AvgIpc) is 3.65. The third kappa shape index (κ3) is 4.46. The highest BCUT2D eigenvalue weighted by atomic mass is 32.2. The van der Waals surface area contributed by atoms with Gasteiger partial charge in [-0.2, -0.15) is 4.31 Å². The quantitative estimate of drug-likeness (QED) is 0.608. The smallest absolute Gasteiger partial charge is 0.246 e. The van der Waals surface area contributed by atoms with E-state index in [9.17, 15) is 13.2 Å². The Hall–Kier alpha value is -2.78. The minimum absolute atomic E-state index is 0.0937. The number of benzene rings is 1. The van der Waals surface area contributed by atoms with Gasteiger partial charge in [0.15, 0.2) is 11.5 Å². The molecule has 0 bridgehead atoms. The maximum atomic E-state index is 13.2. The molecule has 1 saturated heterocycles. The number of aryl methyl sites for hydroxylation is 1. The molecule has 182 valence electrons. The van der Waals surface area contributed by atoms with Gasteiger partial charge in [-0.15, -0.1) is 0 Å². The van der Waals surface area contributed by atoms with Gasteiger partial charge in [-0.25, -0.2) is 8.42 Å². The van der Waals surface area contributed by atoms with E-state index in [1.807, 2.05) is 6.08 Å². The Kier molecular flexibility index (Phi) is 6.16. The number of hydrogen-bond donors (Lipinski definition) is 0. The lowest BCUT2D eigenvalue weighted by atomic mass is 10.2. The zero-order valence-corrected chi connectivity index (χ0v) is 20.5. The van der Waals surface area contributed by atoms with E-state index in [0.29, 0.717) is 43.8 Å². The molecule has 34 heavy (non-hydrogen) atoms. The van der Waals surface area contributed by atoms with E-state index >= 15 is 0 Å². The third-order valence-electron chi connectivity index (χ3n) is 6.75. The number of rotatable bonds is 5. The van der Waals surface area contributed by atoms with Gasteiger partial charge in [-0.1, -0.05) is 0 Å². The fourth-order valence-corrected chi connectivity index (χ4v) is 6.17. The normalized spacial score (nSPS) is 19.4. The van der Waals surface area contributed by atoms with Crippen molar-refractivity contribution in [2.24, 2.45) is 0 Å². The Morgan fingerprint density at radius 1 is 1.00 bits per heavy atom. The first-order valence-corrected chi connectivity index (χ1v) is 13.3. The van der Waals surface area contributed by atoms with Crippen LogP contribution in [-0.4, -0.2) is 67.5 Å². The summed E-state index contributed by atoms with van der Waals surface area (Å²) in [5, 5.41) is 0. The lowest BCUT2D eigenvalue weighted by Crippen LogP contribution is -2.50. The van der Waals surface area contributed by atoms with Gasteiger partial charge in [-0.05, 0) is 56.5 Å². The standard InChI is InChI=1S/C25H31N3O5S/c1-18-16-20(19(2)28(18)21-5-6-21)4-9-25(29)26-10-12-27(13-11-26)34(30,31)22-7-8-23-24(17-22)33-15-3-14-32-23/h4,7-9,16-17,21H,3,5-6,10-15H2,1-2H3. The predicted molar refractivity (Wildman–Crippen MR) is 129 cm³/mol. The van der Waals surface area contributed by atoms with E-state index in [-0.39, 0.29) is 23.9 Å². The lowest BCUT2D eigenvalue weighted by Gasteiger charge is -2.33. The van der Waals surface area contributed by atoms with E-state index in [1.54, 1.807) is 23.1 Å². The summed E-state index contributed by atoms with van der Waals surface area (Å²) in [5.74, 6) is 0.930. The van der Waals surface area contributed by atoms with Gasteiger partial charge in [0.05, 0.1) is 18.1 Å². The van der Waals surface area contributed by atoms with E-state index < -0.39 is 10.0 Å². The number of carbonyl (C=O) groups is 1. The van der Waals surface area contributed by atoms with Gasteiger partial charge >= 0.3 is 0 Å². The van der Waals surface area contributed by atoms with Crippen molar-refractivity contribution in [2.45, 2.75) is 44.0 Å². The zero-order valence-electron chi connectivity index (χ0n) is 19.7. The number of ether oxygens (including phenoxy) is 2. The van der Waals surface area contributed by atoms with Crippen molar-refractivity contribution in [3.05, 3.63) is 47.3 Å². The number of aromatic nitrogens is 1. The van der Waals surface area contributed by atoms with Crippen LogP contribution in [0, 0.1) is 13.8 Å². The van der Waals surface area contributed by atoms with Crippen LogP contribution in [0.25, 0.3) is 6.08 Å². The number of hydrogen-bond acceptors (Lipinski definition) is 5. The van der Waals surface area contributed by atoms with Crippen LogP contribution in [0.2, 0.25) is 0 Å². The van der Waals surface area contributed by atoms with E-state index in [1.165, 1.54) is 34.6 Å². The van der Waals surface area contributed by atoms with Crippen LogP contribution in [0.1, 0.15) is 42.3 Å². The second-order valence-electron chi connectivity index (χ2n) is 9.15. The fourth-order valence-electron chi connectivity index (χ4n) is 4.73. The molecule has 0 radical (unpaired) electrons. The SMILES string of the molecule is Cc1cc(C=CC(=O)N2CCN(S(=O)(=O)c3ccc4c(c3)OCCCO4)CC2)c(C)n1C1CC1. The number of fused-ring (bicyclic) bond motifs is 1. The van der Waals surface area contributed by atoms with Crippen molar-refractivity contribution < 1.29 is 22.7 Å². The first kappa shape index (κ1) is 23.0. The maximum Gasteiger partial charge on any atom is 0.246 e. The summed E-state index contributed by atoms with van der Waals surface area (Å²) in [6.45, 7) is 6.47. The molecule has 8 nitrogen and oxygen atoms in total. The topological polar surface area (TPSA) is 81.1 Å². The molecular weight excluding hydrogens is 454 g/mol. The molecular formula is C25H31N3O5S. The number of nitrogens with zero attached hydrogens (tertiary/aromatic N) is 3. The van der Waals surface area contributed by atoms with Gasteiger partial charge in [0.25, 0.3) is 0 Å². The number of amides is 1. The molecule has 3 heterocycles. The summed E-state index contributed by atoms with van der Waals surface area (Å²) < 4.78 is 41.4. The van der Waals surface area contributed by atoms with Crippen LogP contribution in [0.15, 0.2) is 35.2 Å². The van der Waals surface area contributed by atoms with Crippen molar-refractivity contribution in [3.8, 4) is 11.5 Å². The molecule has 0 N–H and O–H groups in total. The summed E-state index contributed by atoms with van der Waals surface area (Å²) >= 11 is 0. The van der Waals surface area contributed by atoms with E-state index in [4.69, 9.17) is 9.47 Å². The lowest BCUT2D eigenvalue weighted by molar-refractivity contribution is -0.127. The molecule has 0 atom stereocenters. The first-order chi connectivity index (χ1) is 16.3. The van der Waals surface area contributed by atoms with Crippen molar-refractivity contribution in [2.75, 3.05) is 39.4 Å². The van der Waals surface area contributed by atoms with Crippen LogP contribution >= 0.6 is 0 Å². The molecule has 3 aliphatic rings. The third-order valence-corrected chi connectivity index (χ3v) is 8.64. The molecule has 2 aromatic rings. The Labute approximate surface area is 200 Å². The van der Waals surface area contributed by atoms with E-state index in [2.05, 4.69) is 24.5 Å². The van der Waals surface area contributed by atoms with Crippen molar-refractivity contribution in [1.29, 1.82) is 0 Å². The number of carbonyl (C=O) groups excluding carboxylic acids is 1. The van der Waals surface area contributed by atoms with Crippen molar-refractivity contribution >= 4 is 22.0 Å². The molecule has 1 aliphatic carbocycles. The summed E-state index contributed by atoms with van der Waals surface area (Å²) in [7, 11) is -3.68. The second-order valence-corrected chi connectivity index (χ2v) is 11.1. The van der Waals surface area contributed by atoms with Crippen LogP contribution in [0.3, 0.4) is 0 Å². The molecule has 1 saturated carbocycles.